The molecule has 2 amide bonds. The molecule has 1 rings (SSSR count). The fourth-order valence-corrected chi connectivity index (χ4v) is 2.96. The molecule has 6 heteroatoms. The minimum atomic E-state index is -1.75. The maximum Gasteiger partial charge on any atom is 0.338 e. The molecule has 1 aliphatic carbocycles. The molecule has 0 aliphatic heterocycles. The maximum absolute atomic E-state index is 12.8. The average molecular weight is 330 g/mol. The second-order valence-electron chi connectivity index (χ2n) is 6.45. The molecule has 1 aliphatic rings. The van der Waals surface area contributed by atoms with Gasteiger partial charge in [0.25, 0.3) is 0 Å². The number of hydrogen-bond donors (Lipinski definition) is 3. The van der Waals surface area contributed by atoms with Crippen molar-refractivity contribution in [1.29, 1.82) is 0 Å². The second kappa shape index (κ2) is 12.1. The minimum absolute atomic E-state index is 0.0743. The van der Waals surface area contributed by atoms with Crippen molar-refractivity contribution in [2.75, 3.05) is 6.54 Å². The molecule has 134 valence electrons. The van der Waals surface area contributed by atoms with Gasteiger partial charge >= 0.3 is 12.0 Å². The summed E-state index contributed by atoms with van der Waals surface area (Å²) in [5.74, 6) is -1.38. The lowest BCUT2D eigenvalue weighted by molar-refractivity contribution is -0.143. The molecule has 0 saturated heterocycles. The van der Waals surface area contributed by atoms with Crippen LogP contribution in [0, 0.1) is 0 Å². The normalized spacial score (nSPS) is 17.8. The zero-order chi connectivity index (χ0) is 16.9. The topological polar surface area (TPSA) is 78.4 Å². The largest absolute Gasteiger partial charge is 0.479 e. The van der Waals surface area contributed by atoms with Crippen molar-refractivity contribution in [1.82, 2.24) is 10.6 Å². The SMILES string of the molecule is O=C(NCCCCCCC(F)C(=O)O)NC1CCCCCCC1. The van der Waals surface area contributed by atoms with Crippen molar-refractivity contribution in [2.45, 2.75) is 89.3 Å². The first-order chi connectivity index (χ1) is 11.1. The highest BCUT2D eigenvalue weighted by molar-refractivity contribution is 5.74. The number of aliphatic carboxylic acids is 1. The number of alkyl halides is 1. The number of rotatable bonds is 9. The number of hydrogen-bond acceptors (Lipinski definition) is 2. The van der Waals surface area contributed by atoms with Gasteiger partial charge in [-0.15, -0.1) is 0 Å². The lowest BCUT2D eigenvalue weighted by atomic mass is 9.97. The van der Waals surface area contributed by atoms with Crippen LogP contribution in [0.5, 0.6) is 0 Å². The number of amides is 2. The van der Waals surface area contributed by atoms with E-state index in [1.54, 1.807) is 0 Å². The Morgan fingerprint density at radius 2 is 1.61 bits per heavy atom. The highest BCUT2D eigenvalue weighted by atomic mass is 19.1. The zero-order valence-corrected chi connectivity index (χ0v) is 14.0. The van der Waals surface area contributed by atoms with Crippen molar-refractivity contribution in [3.8, 4) is 0 Å². The van der Waals surface area contributed by atoms with E-state index in [1.165, 1.54) is 32.1 Å². The third-order valence-electron chi connectivity index (χ3n) is 4.38. The van der Waals surface area contributed by atoms with Gasteiger partial charge in [0.05, 0.1) is 0 Å². The van der Waals surface area contributed by atoms with Crippen LogP contribution in [0.1, 0.15) is 77.0 Å². The highest BCUT2D eigenvalue weighted by Crippen LogP contribution is 2.16. The van der Waals surface area contributed by atoms with Crippen LogP contribution >= 0.6 is 0 Å². The van der Waals surface area contributed by atoms with Gasteiger partial charge in [0.2, 0.25) is 0 Å². The van der Waals surface area contributed by atoms with Crippen molar-refractivity contribution in [2.24, 2.45) is 0 Å². The van der Waals surface area contributed by atoms with Crippen LogP contribution in [0.4, 0.5) is 9.18 Å². The summed E-state index contributed by atoms with van der Waals surface area (Å²) in [7, 11) is 0. The Kier molecular flexibility index (Phi) is 10.4. The molecule has 0 radical (unpaired) electrons. The predicted molar refractivity (Wildman–Crippen MR) is 88.3 cm³/mol. The van der Waals surface area contributed by atoms with E-state index in [1.807, 2.05) is 0 Å². The van der Waals surface area contributed by atoms with Gasteiger partial charge in [0.15, 0.2) is 6.17 Å². The third-order valence-corrected chi connectivity index (χ3v) is 4.38. The number of carboxylic acid groups (broad SMARTS) is 1. The quantitative estimate of drug-likeness (QED) is 0.563. The fraction of sp³-hybridized carbons (Fsp3) is 0.882. The first kappa shape index (κ1) is 19.7. The summed E-state index contributed by atoms with van der Waals surface area (Å²) >= 11 is 0. The summed E-state index contributed by atoms with van der Waals surface area (Å²) in [5.41, 5.74) is 0. The number of urea groups is 1. The van der Waals surface area contributed by atoms with Gasteiger partial charge < -0.3 is 15.7 Å². The number of nitrogens with one attached hydrogen (secondary N) is 2. The van der Waals surface area contributed by atoms with Crippen molar-refractivity contribution >= 4 is 12.0 Å². The van der Waals surface area contributed by atoms with Gasteiger partial charge in [-0.3, -0.25) is 0 Å². The Balaban J connectivity index is 1.98. The van der Waals surface area contributed by atoms with Gasteiger partial charge in [-0.2, -0.15) is 0 Å². The summed E-state index contributed by atoms with van der Waals surface area (Å²) in [6, 6.07) is 0.207. The number of unbranched alkanes of at least 4 members (excludes halogenated alkanes) is 3. The molecule has 1 saturated carbocycles. The van der Waals surface area contributed by atoms with Crippen LogP contribution in [-0.2, 0) is 4.79 Å². The van der Waals surface area contributed by atoms with Gasteiger partial charge in [-0.05, 0) is 32.1 Å². The van der Waals surface area contributed by atoms with E-state index >= 15 is 0 Å². The molecule has 0 aromatic carbocycles. The maximum atomic E-state index is 12.8. The standard InChI is InChI=1S/C17H31FN2O3/c18-15(16(21)22)12-8-4-5-9-13-19-17(23)20-14-10-6-2-1-3-7-11-14/h14-15H,1-13H2,(H,21,22)(H2,19,20,23). The fourth-order valence-electron chi connectivity index (χ4n) is 2.96. The Morgan fingerprint density at radius 3 is 2.26 bits per heavy atom. The van der Waals surface area contributed by atoms with E-state index in [2.05, 4.69) is 10.6 Å². The Bertz CT molecular complexity index is 345. The van der Waals surface area contributed by atoms with Crippen LogP contribution in [-0.4, -0.2) is 35.9 Å². The molecule has 0 aromatic heterocycles. The second-order valence-corrected chi connectivity index (χ2v) is 6.45. The monoisotopic (exact) mass is 330 g/mol. The van der Waals surface area contributed by atoms with Crippen LogP contribution in [0.15, 0.2) is 0 Å². The smallest absolute Gasteiger partial charge is 0.338 e. The number of carbonyl (C=O) groups is 2. The first-order valence-corrected chi connectivity index (χ1v) is 9.01. The number of carbonyl (C=O) groups excluding carboxylic acids is 1. The highest BCUT2D eigenvalue weighted by Gasteiger charge is 2.15. The molecular weight excluding hydrogens is 299 g/mol. The van der Waals surface area contributed by atoms with Gasteiger partial charge in [-0.25, -0.2) is 14.0 Å². The molecule has 0 aromatic rings. The number of carboxylic acids is 1. The Hall–Kier alpha value is -1.33. The van der Waals surface area contributed by atoms with Gasteiger partial charge in [0, 0.05) is 12.6 Å². The molecule has 23 heavy (non-hydrogen) atoms. The van der Waals surface area contributed by atoms with Crippen molar-refractivity contribution in [3.05, 3.63) is 0 Å². The lowest BCUT2D eigenvalue weighted by Gasteiger charge is -2.21. The summed E-state index contributed by atoms with van der Waals surface area (Å²) in [5, 5.41) is 14.3. The third kappa shape index (κ3) is 10.1. The molecule has 5 nitrogen and oxygen atoms in total. The molecule has 1 unspecified atom stereocenters. The van der Waals surface area contributed by atoms with E-state index in [9.17, 15) is 14.0 Å². The molecule has 0 heterocycles. The van der Waals surface area contributed by atoms with E-state index in [0.29, 0.717) is 19.0 Å². The molecule has 3 N–H and O–H groups in total. The van der Waals surface area contributed by atoms with E-state index < -0.39 is 12.1 Å². The van der Waals surface area contributed by atoms with E-state index in [0.717, 1.165) is 32.1 Å². The van der Waals surface area contributed by atoms with E-state index in [4.69, 9.17) is 5.11 Å². The van der Waals surface area contributed by atoms with Crippen LogP contribution < -0.4 is 10.6 Å². The van der Waals surface area contributed by atoms with Crippen LogP contribution in [0.2, 0.25) is 0 Å². The molecular formula is C17H31FN2O3. The summed E-state index contributed by atoms with van der Waals surface area (Å²) in [6.07, 6.45) is 9.76. The lowest BCUT2D eigenvalue weighted by Crippen LogP contribution is -2.42. The van der Waals surface area contributed by atoms with Gasteiger partial charge in [0.1, 0.15) is 0 Å². The first-order valence-electron chi connectivity index (χ1n) is 9.01. The minimum Gasteiger partial charge on any atom is -0.479 e. The van der Waals surface area contributed by atoms with Crippen molar-refractivity contribution < 1.29 is 19.1 Å². The molecule has 1 atom stereocenters. The summed E-state index contributed by atoms with van der Waals surface area (Å²) in [6.45, 7) is 0.608. The summed E-state index contributed by atoms with van der Waals surface area (Å²) < 4.78 is 12.8. The van der Waals surface area contributed by atoms with Gasteiger partial charge in [-0.1, -0.05) is 44.9 Å². The van der Waals surface area contributed by atoms with Crippen molar-refractivity contribution in [3.63, 3.8) is 0 Å². The predicted octanol–water partition coefficient (Wildman–Crippen LogP) is 3.77. The number of halogens is 1. The molecule has 0 spiro atoms. The van der Waals surface area contributed by atoms with Crippen LogP contribution in [0.3, 0.4) is 0 Å². The zero-order valence-electron chi connectivity index (χ0n) is 14.0. The molecule has 0 bridgehead atoms. The summed E-state index contributed by atoms with van der Waals surface area (Å²) in [4.78, 5) is 22.1. The Labute approximate surface area is 138 Å². The average Bonchev–Trinajstić information content (AvgIpc) is 2.48. The Morgan fingerprint density at radius 1 is 1.00 bits per heavy atom. The van der Waals surface area contributed by atoms with E-state index in [-0.39, 0.29) is 12.5 Å². The molecule has 1 fully saturated rings. The van der Waals surface area contributed by atoms with Crippen LogP contribution in [0.25, 0.3) is 0 Å².